The summed E-state index contributed by atoms with van der Waals surface area (Å²) in [7, 11) is -1.05. The number of aromatic nitrogens is 6. The maximum Gasteiger partial charge on any atom is 0.234 e. The number of nitrogens with zero attached hydrogens (tertiary/aromatic N) is 6. The maximum absolute atomic E-state index is 11.6. The second-order valence-electron chi connectivity index (χ2n) is 5.53. The van der Waals surface area contributed by atoms with Crippen LogP contribution in [0.5, 0.6) is 0 Å². The van der Waals surface area contributed by atoms with Crippen molar-refractivity contribution in [3.63, 3.8) is 0 Å². The molecule has 0 aromatic carbocycles. The summed E-state index contributed by atoms with van der Waals surface area (Å²) in [4.78, 5) is 0.678. The summed E-state index contributed by atoms with van der Waals surface area (Å²) in [5, 5.41) is 17.9. The molecule has 3 aromatic rings. The second-order valence-corrected chi connectivity index (χ2v) is 8.74. The van der Waals surface area contributed by atoms with Crippen molar-refractivity contribution in [3.8, 4) is 11.4 Å². The first-order valence-corrected chi connectivity index (χ1v) is 9.50. The molecule has 4 heterocycles. The highest BCUT2D eigenvalue weighted by atomic mass is 32.2. The topological polar surface area (TPSA) is 95.0 Å². The fourth-order valence-electron chi connectivity index (χ4n) is 2.67. The van der Waals surface area contributed by atoms with Crippen molar-refractivity contribution < 1.29 is 8.42 Å². The Morgan fingerprint density at radius 3 is 2.82 bits per heavy atom. The van der Waals surface area contributed by atoms with Crippen LogP contribution in [0.2, 0.25) is 0 Å². The zero-order chi connectivity index (χ0) is 15.5. The minimum atomic E-state index is -2.92. The van der Waals surface area contributed by atoms with Crippen LogP contribution in [0.1, 0.15) is 23.0 Å². The first-order valence-electron chi connectivity index (χ1n) is 6.86. The minimum Gasteiger partial charge on any atom is -0.272 e. The van der Waals surface area contributed by atoms with Gasteiger partial charge in [-0.3, -0.25) is 4.68 Å². The van der Waals surface area contributed by atoms with Crippen LogP contribution in [-0.4, -0.2) is 49.5 Å². The number of aryl methyl sites for hydroxylation is 1. The summed E-state index contributed by atoms with van der Waals surface area (Å²) >= 11 is 1.41. The molecule has 0 amide bonds. The summed E-state index contributed by atoms with van der Waals surface area (Å²) in [5.74, 6) is 1.04. The highest BCUT2D eigenvalue weighted by Crippen LogP contribution is 2.33. The van der Waals surface area contributed by atoms with E-state index in [2.05, 4.69) is 20.4 Å². The molecule has 0 unspecified atom stereocenters. The molecule has 116 valence electrons. The molecule has 0 radical (unpaired) electrons. The normalized spacial score (nSPS) is 20.9. The largest absolute Gasteiger partial charge is 0.272 e. The molecule has 0 aliphatic carbocycles. The lowest BCUT2D eigenvalue weighted by Crippen LogP contribution is -2.04. The third-order valence-corrected chi connectivity index (χ3v) is 6.89. The third kappa shape index (κ3) is 2.05. The van der Waals surface area contributed by atoms with E-state index < -0.39 is 9.84 Å². The lowest BCUT2D eigenvalue weighted by atomic mass is 10.1. The predicted molar refractivity (Wildman–Crippen MR) is 81.6 cm³/mol. The zero-order valence-corrected chi connectivity index (χ0v) is 13.7. The van der Waals surface area contributed by atoms with Crippen molar-refractivity contribution >= 4 is 26.1 Å². The lowest BCUT2D eigenvalue weighted by molar-refractivity contribution is 0.601. The van der Waals surface area contributed by atoms with Gasteiger partial charge in [-0.15, -0.1) is 10.2 Å². The Labute approximate surface area is 130 Å². The van der Waals surface area contributed by atoms with Gasteiger partial charge in [0.1, 0.15) is 5.01 Å². The highest BCUT2D eigenvalue weighted by Gasteiger charge is 2.32. The summed E-state index contributed by atoms with van der Waals surface area (Å²) in [6, 6.07) is 0. The van der Waals surface area contributed by atoms with Crippen LogP contribution in [0.4, 0.5) is 0 Å². The minimum absolute atomic E-state index is 0.0282. The molecule has 3 aromatic heterocycles. The van der Waals surface area contributed by atoms with Gasteiger partial charge in [0.05, 0.1) is 23.3 Å². The molecule has 10 heteroatoms. The predicted octanol–water partition coefficient (Wildman–Crippen LogP) is 0.797. The van der Waals surface area contributed by atoms with Crippen molar-refractivity contribution in [2.45, 2.75) is 19.3 Å². The van der Waals surface area contributed by atoms with E-state index in [1.165, 1.54) is 11.3 Å². The van der Waals surface area contributed by atoms with Gasteiger partial charge in [-0.2, -0.15) is 14.7 Å². The molecular formula is C12H14N6O2S2. The van der Waals surface area contributed by atoms with Crippen molar-refractivity contribution in [3.05, 3.63) is 16.9 Å². The van der Waals surface area contributed by atoms with E-state index in [0.29, 0.717) is 17.2 Å². The number of sulfone groups is 1. The average Bonchev–Trinajstić information content (AvgIpc) is 3.17. The van der Waals surface area contributed by atoms with Crippen LogP contribution < -0.4 is 0 Å². The lowest BCUT2D eigenvalue weighted by Gasteiger charge is -2.00. The van der Waals surface area contributed by atoms with Crippen molar-refractivity contribution in [2.75, 3.05) is 11.5 Å². The zero-order valence-electron chi connectivity index (χ0n) is 12.1. The summed E-state index contributed by atoms with van der Waals surface area (Å²) in [6.07, 6.45) is 2.37. The third-order valence-electron chi connectivity index (χ3n) is 4.06. The fourth-order valence-corrected chi connectivity index (χ4v) is 5.50. The molecule has 1 aliphatic rings. The van der Waals surface area contributed by atoms with Crippen LogP contribution in [0.15, 0.2) is 6.20 Å². The molecule has 0 saturated carbocycles. The Morgan fingerprint density at radius 1 is 1.36 bits per heavy atom. The smallest absolute Gasteiger partial charge is 0.234 e. The average molecular weight is 338 g/mol. The molecular weight excluding hydrogens is 324 g/mol. The Morgan fingerprint density at radius 2 is 2.18 bits per heavy atom. The molecule has 22 heavy (non-hydrogen) atoms. The molecule has 1 atom stereocenters. The van der Waals surface area contributed by atoms with Crippen LogP contribution in [0.3, 0.4) is 0 Å². The van der Waals surface area contributed by atoms with Gasteiger partial charge >= 0.3 is 0 Å². The van der Waals surface area contributed by atoms with Gasteiger partial charge in [0, 0.05) is 18.7 Å². The van der Waals surface area contributed by atoms with Crippen LogP contribution >= 0.6 is 11.3 Å². The molecule has 4 rings (SSSR count). The van der Waals surface area contributed by atoms with E-state index in [0.717, 1.165) is 16.3 Å². The first kappa shape index (κ1) is 13.8. The summed E-state index contributed by atoms with van der Waals surface area (Å²) in [5.41, 5.74) is 1.86. The fraction of sp³-hybridized carbons (Fsp3) is 0.500. The molecule has 0 spiro atoms. The van der Waals surface area contributed by atoms with Crippen molar-refractivity contribution in [1.82, 2.24) is 29.6 Å². The van der Waals surface area contributed by atoms with Gasteiger partial charge in [-0.05, 0) is 13.3 Å². The Bertz CT molecular complexity index is 967. The van der Waals surface area contributed by atoms with E-state index >= 15 is 0 Å². The van der Waals surface area contributed by atoms with E-state index in [1.807, 2.05) is 14.0 Å². The van der Waals surface area contributed by atoms with Gasteiger partial charge in [0.2, 0.25) is 4.96 Å². The number of fused-ring (bicyclic) bond motifs is 1. The second kappa shape index (κ2) is 4.59. The standard InChI is InChI=1S/C12H14N6O2S2/c1-7-9(5-13-17(7)2)10-14-15-12-18(10)16-11(21-12)8-3-4-22(19,20)6-8/h5,8H,3-4,6H2,1-2H3/t8-/m0/s1. The molecule has 8 nitrogen and oxygen atoms in total. The van der Waals surface area contributed by atoms with Gasteiger partial charge < -0.3 is 0 Å². The van der Waals surface area contributed by atoms with Crippen LogP contribution in [0, 0.1) is 6.92 Å². The summed E-state index contributed by atoms with van der Waals surface area (Å²) in [6.45, 7) is 1.96. The van der Waals surface area contributed by atoms with Crippen molar-refractivity contribution in [1.29, 1.82) is 0 Å². The van der Waals surface area contributed by atoms with Crippen LogP contribution in [0.25, 0.3) is 16.3 Å². The Kier molecular flexibility index (Phi) is 2.89. The quantitative estimate of drug-likeness (QED) is 0.686. The van der Waals surface area contributed by atoms with E-state index in [9.17, 15) is 8.42 Å². The Hall–Kier alpha value is -1.81. The highest BCUT2D eigenvalue weighted by molar-refractivity contribution is 7.91. The van der Waals surface area contributed by atoms with Gasteiger partial charge in [-0.1, -0.05) is 11.3 Å². The van der Waals surface area contributed by atoms with Gasteiger partial charge in [0.15, 0.2) is 15.7 Å². The molecule has 1 saturated heterocycles. The Balaban J connectivity index is 1.78. The number of rotatable bonds is 2. The summed E-state index contributed by atoms with van der Waals surface area (Å²) < 4.78 is 26.7. The van der Waals surface area contributed by atoms with Gasteiger partial charge in [0.25, 0.3) is 0 Å². The first-order chi connectivity index (χ1) is 10.4. The number of hydrogen-bond acceptors (Lipinski definition) is 7. The maximum atomic E-state index is 11.6. The van der Waals surface area contributed by atoms with E-state index in [1.54, 1.807) is 15.4 Å². The van der Waals surface area contributed by atoms with E-state index in [-0.39, 0.29) is 17.4 Å². The van der Waals surface area contributed by atoms with Crippen molar-refractivity contribution in [2.24, 2.45) is 7.05 Å². The number of hydrogen-bond donors (Lipinski definition) is 0. The van der Waals surface area contributed by atoms with E-state index in [4.69, 9.17) is 0 Å². The monoisotopic (exact) mass is 338 g/mol. The SMILES string of the molecule is Cc1c(-c2nnc3sc([C@H]4CCS(=O)(=O)C4)nn23)cnn1C. The molecule has 0 N–H and O–H groups in total. The van der Waals surface area contributed by atoms with Crippen LogP contribution in [-0.2, 0) is 16.9 Å². The van der Waals surface area contributed by atoms with Gasteiger partial charge in [-0.25, -0.2) is 8.42 Å². The molecule has 0 bridgehead atoms. The molecule has 1 fully saturated rings. The molecule has 1 aliphatic heterocycles.